The Kier molecular flexibility index (Phi) is 6.52. The first-order valence-electron chi connectivity index (χ1n) is 8.60. The summed E-state index contributed by atoms with van der Waals surface area (Å²) in [5.74, 6) is 2.40. The summed E-state index contributed by atoms with van der Waals surface area (Å²) in [7, 11) is 1.80. The predicted octanol–water partition coefficient (Wildman–Crippen LogP) is 4.79. The fourth-order valence-corrected chi connectivity index (χ4v) is 2.95. The highest BCUT2D eigenvalue weighted by Crippen LogP contribution is 2.32. The molecule has 0 N–H and O–H groups in total. The first-order chi connectivity index (χ1) is 11.0. The summed E-state index contributed by atoms with van der Waals surface area (Å²) < 4.78 is 17.1. The molecular formula is C20H30O3. The summed E-state index contributed by atoms with van der Waals surface area (Å²) in [5.41, 5.74) is 2.62. The Morgan fingerprint density at radius 3 is 2.87 bits per heavy atom. The molecule has 1 aliphatic rings. The second-order valence-electron chi connectivity index (χ2n) is 6.82. The molecule has 0 saturated carbocycles. The van der Waals surface area contributed by atoms with Crippen LogP contribution in [0.1, 0.15) is 46.1 Å². The lowest BCUT2D eigenvalue weighted by Gasteiger charge is -2.19. The van der Waals surface area contributed by atoms with Crippen LogP contribution in [0.3, 0.4) is 0 Å². The van der Waals surface area contributed by atoms with E-state index in [0.717, 1.165) is 30.8 Å². The van der Waals surface area contributed by atoms with Crippen LogP contribution in [-0.4, -0.2) is 25.9 Å². The lowest BCUT2D eigenvalue weighted by molar-refractivity contribution is 0.0584. The van der Waals surface area contributed by atoms with Crippen molar-refractivity contribution in [3.63, 3.8) is 0 Å². The highest BCUT2D eigenvalue weighted by molar-refractivity contribution is 5.43. The van der Waals surface area contributed by atoms with Gasteiger partial charge in [-0.25, -0.2) is 0 Å². The number of hydrogen-bond acceptors (Lipinski definition) is 3. The summed E-state index contributed by atoms with van der Waals surface area (Å²) in [6.07, 6.45) is 5.85. The van der Waals surface area contributed by atoms with Crippen molar-refractivity contribution in [2.75, 3.05) is 13.7 Å². The third kappa shape index (κ3) is 5.28. The molecule has 0 spiro atoms. The van der Waals surface area contributed by atoms with Crippen LogP contribution in [0.2, 0.25) is 0 Å². The van der Waals surface area contributed by atoms with Crippen LogP contribution in [0.4, 0.5) is 0 Å². The molecule has 0 saturated heterocycles. The van der Waals surface area contributed by atoms with Crippen LogP contribution in [0.15, 0.2) is 29.8 Å². The lowest BCUT2D eigenvalue weighted by Crippen LogP contribution is -2.17. The second-order valence-corrected chi connectivity index (χ2v) is 6.82. The fraction of sp³-hybridized carbons (Fsp3) is 0.600. The van der Waals surface area contributed by atoms with Crippen LogP contribution in [0, 0.1) is 5.92 Å². The maximum absolute atomic E-state index is 5.83. The number of methoxy groups -OCH3 is 1. The zero-order chi connectivity index (χ0) is 16.8. The molecule has 0 bridgehead atoms. The molecule has 1 aromatic carbocycles. The molecule has 0 amide bonds. The average molecular weight is 318 g/mol. The molecule has 0 aliphatic carbocycles. The smallest absolute Gasteiger partial charge is 0.126 e. The van der Waals surface area contributed by atoms with Gasteiger partial charge < -0.3 is 14.2 Å². The van der Waals surface area contributed by atoms with Gasteiger partial charge in [0.2, 0.25) is 0 Å². The maximum atomic E-state index is 5.83. The van der Waals surface area contributed by atoms with Gasteiger partial charge in [-0.2, -0.15) is 0 Å². The van der Waals surface area contributed by atoms with Crippen molar-refractivity contribution < 1.29 is 14.2 Å². The van der Waals surface area contributed by atoms with E-state index in [1.807, 2.05) is 12.1 Å². The summed E-state index contributed by atoms with van der Waals surface area (Å²) >= 11 is 0. The van der Waals surface area contributed by atoms with Crippen LogP contribution in [0.5, 0.6) is 11.5 Å². The van der Waals surface area contributed by atoms with Crippen molar-refractivity contribution in [2.24, 2.45) is 5.92 Å². The lowest BCUT2D eigenvalue weighted by atomic mass is 10.00. The van der Waals surface area contributed by atoms with Gasteiger partial charge in [-0.15, -0.1) is 0 Å². The van der Waals surface area contributed by atoms with E-state index in [1.54, 1.807) is 7.11 Å². The molecule has 3 heteroatoms. The van der Waals surface area contributed by atoms with E-state index >= 15 is 0 Å². The van der Waals surface area contributed by atoms with E-state index < -0.39 is 0 Å². The van der Waals surface area contributed by atoms with E-state index in [2.05, 4.69) is 39.8 Å². The average Bonchev–Trinajstić information content (AvgIpc) is 2.87. The molecule has 128 valence electrons. The Morgan fingerprint density at radius 2 is 2.17 bits per heavy atom. The van der Waals surface area contributed by atoms with Gasteiger partial charge in [-0.1, -0.05) is 25.5 Å². The first-order valence-corrected chi connectivity index (χ1v) is 8.60. The standard InChI is InChI=1S/C20H30O3/c1-14(2)19(21-5)9-6-15(3)10-11-22-18-8-7-17-12-16(4)23-20(17)13-18/h7-8,10,13-14,16,19H,6,9,11-12H2,1-5H3. The molecule has 3 nitrogen and oxygen atoms in total. The van der Waals surface area contributed by atoms with Crippen LogP contribution in [0.25, 0.3) is 0 Å². The van der Waals surface area contributed by atoms with E-state index in [-0.39, 0.29) is 6.10 Å². The molecule has 1 heterocycles. The van der Waals surface area contributed by atoms with Crippen LogP contribution in [-0.2, 0) is 11.2 Å². The molecule has 1 aromatic rings. The SMILES string of the molecule is COC(CCC(C)=CCOc1ccc2c(c1)OC(C)C2)C(C)C. The largest absolute Gasteiger partial charge is 0.490 e. The molecule has 0 radical (unpaired) electrons. The van der Waals surface area contributed by atoms with Gasteiger partial charge in [0, 0.05) is 19.6 Å². The number of hydrogen-bond donors (Lipinski definition) is 0. The quantitative estimate of drug-likeness (QED) is 0.645. The van der Waals surface area contributed by atoms with Crippen molar-refractivity contribution in [3.05, 3.63) is 35.4 Å². The van der Waals surface area contributed by atoms with Crippen molar-refractivity contribution in [2.45, 2.75) is 59.2 Å². The number of allylic oxidation sites excluding steroid dienone is 1. The van der Waals surface area contributed by atoms with Gasteiger partial charge in [-0.3, -0.25) is 0 Å². The van der Waals surface area contributed by atoms with Gasteiger partial charge in [-0.05, 0) is 50.3 Å². The molecule has 2 atom stereocenters. The Balaban J connectivity index is 1.79. The van der Waals surface area contributed by atoms with Crippen molar-refractivity contribution in [1.29, 1.82) is 0 Å². The van der Waals surface area contributed by atoms with Gasteiger partial charge in [0.25, 0.3) is 0 Å². The molecule has 23 heavy (non-hydrogen) atoms. The zero-order valence-corrected chi connectivity index (χ0v) is 15.1. The maximum Gasteiger partial charge on any atom is 0.126 e. The molecule has 0 fully saturated rings. The summed E-state index contributed by atoms with van der Waals surface area (Å²) in [6, 6.07) is 6.14. The third-order valence-corrected chi connectivity index (χ3v) is 4.43. The fourth-order valence-electron chi connectivity index (χ4n) is 2.95. The van der Waals surface area contributed by atoms with E-state index in [1.165, 1.54) is 11.1 Å². The topological polar surface area (TPSA) is 27.7 Å². The molecule has 1 aliphatic heterocycles. The minimum absolute atomic E-state index is 0.275. The third-order valence-electron chi connectivity index (χ3n) is 4.43. The van der Waals surface area contributed by atoms with Crippen molar-refractivity contribution >= 4 is 0 Å². The Labute approximate surface area is 140 Å². The Morgan fingerprint density at radius 1 is 1.39 bits per heavy atom. The first kappa shape index (κ1) is 17.9. The highest BCUT2D eigenvalue weighted by atomic mass is 16.5. The van der Waals surface area contributed by atoms with Crippen LogP contribution >= 0.6 is 0 Å². The normalized spacial score (nSPS) is 18.7. The minimum Gasteiger partial charge on any atom is -0.490 e. The van der Waals surface area contributed by atoms with Gasteiger partial charge in [0.15, 0.2) is 0 Å². The summed E-state index contributed by atoms with van der Waals surface area (Å²) in [5, 5.41) is 0. The number of benzene rings is 1. The minimum atomic E-state index is 0.275. The van der Waals surface area contributed by atoms with Crippen molar-refractivity contribution in [3.8, 4) is 11.5 Å². The van der Waals surface area contributed by atoms with E-state index in [4.69, 9.17) is 14.2 Å². The molecule has 0 aromatic heterocycles. The van der Waals surface area contributed by atoms with E-state index in [9.17, 15) is 0 Å². The van der Waals surface area contributed by atoms with Crippen LogP contribution < -0.4 is 9.47 Å². The number of ether oxygens (including phenoxy) is 3. The number of fused-ring (bicyclic) bond motifs is 1. The van der Waals surface area contributed by atoms with Gasteiger partial charge in [0.05, 0.1) is 6.10 Å². The highest BCUT2D eigenvalue weighted by Gasteiger charge is 2.19. The summed E-state index contributed by atoms with van der Waals surface area (Å²) in [6.45, 7) is 9.25. The van der Waals surface area contributed by atoms with Crippen molar-refractivity contribution in [1.82, 2.24) is 0 Å². The monoisotopic (exact) mass is 318 g/mol. The molecule has 2 unspecified atom stereocenters. The Hall–Kier alpha value is -1.48. The predicted molar refractivity (Wildman–Crippen MR) is 94.4 cm³/mol. The van der Waals surface area contributed by atoms with Gasteiger partial charge in [0.1, 0.15) is 24.2 Å². The van der Waals surface area contributed by atoms with Gasteiger partial charge >= 0.3 is 0 Å². The number of rotatable bonds is 8. The summed E-state index contributed by atoms with van der Waals surface area (Å²) in [4.78, 5) is 0. The van der Waals surface area contributed by atoms with E-state index in [0.29, 0.717) is 18.6 Å². The zero-order valence-electron chi connectivity index (χ0n) is 15.1. The second kappa shape index (κ2) is 8.39. The molecular weight excluding hydrogens is 288 g/mol. The Bertz CT molecular complexity index is 534. The molecule has 2 rings (SSSR count).